The summed E-state index contributed by atoms with van der Waals surface area (Å²) in [6.45, 7) is 7.63. The number of benzene rings is 2. The van der Waals surface area contributed by atoms with Crippen molar-refractivity contribution in [3.8, 4) is 0 Å². The van der Waals surface area contributed by atoms with Crippen molar-refractivity contribution < 1.29 is 4.79 Å². The first-order valence-corrected chi connectivity index (χ1v) is 8.46. The molecule has 24 heavy (non-hydrogen) atoms. The summed E-state index contributed by atoms with van der Waals surface area (Å²) in [5.74, 6) is 0.108. The van der Waals surface area contributed by atoms with E-state index in [9.17, 15) is 4.79 Å². The summed E-state index contributed by atoms with van der Waals surface area (Å²) in [7, 11) is 2.10. The van der Waals surface area contributed by atoms with E-state index >= 15 is 0 Å². The highest BCUT2D eigenvalue weighted by Crippen LogP contribution is 2.26. The summed E-state index contributed by atoms with van der Waals surface area (Å²) in [6, 6.07) is 14.0. The van der Waals surface area contributed by atoms with Crippen LogP contribution in [0.5, 0.6) is 0 Å². The molecule has 0 radical (unpaired) electrons. The minimum Gasteiger partial charge on any atom is -0.355 e. The molecule has 126 valence electrons. The van der Waals surface area contributed by atoms with Crippen molar-refractivity contribution in [2.45, 2.75) is 13.8 Å². The lowest BCUT2D eigenvalue weighted by molar-refractivity contribution is 0.0665. The highest BCUT2D eigenvalue weighted by atomic mass is 16.2. The SMILES string of the molecule is Cc1cccc(Nc2ccccc2C(=O)N2CCN(C)CC2)c1C. The molecule has 0 spiro atoms. The van der Waals surface area contributed by atoms with E-state index < -0.39 is 0 Å². The number of aryl methyl sites for hydroxylation is 1. The minimum atomic E-state index is 0.108. The van der Waals surface area contributed by atoms with E-state index in [1.165, 1.54) is 11.1 Å². The van der Waals surface area contributed by atoms with E-state index in [4.69, 9.17) is 0 Å². The van der Waals surface area contributed by atoms with Gasteiger partial charge in [-0.2, -0.15) is 0 Å². The largest absolute Gasteiger partial charge is 0.355 e. The quantitative estimate of drug-likeness (QED) is 0.940. The van der Waals surface area contributed by atoms with Crippen molar-refractivity contribution in [3.05, 3.63) is 59.2 Å². The van der Waals surface area contributed by atoms with E-state index in [0.29, 0.717) is 0 Å². The Kier molecular flexibility index (Phi) is 4.86. The third-order valence-electron chi connectivity index (χ3n) is 4.82. The monoisotopic (exact) mass is 323 g/mol. The van der Waals surface area contributed by atoms with E-state index in [1.54, 1.807) is 0 Å². The van der Waals surface area contributed by atoms with Gasteiger partial charge in [-0.25, -0.2) is 0 Å². The molecule has 1 amide bonds. The fourth-order valence-electron chi connectivity index (χ4n) is 2.99. The first-order valence-electron chi connectivity index (χ1n) is 8.46. The maximum absolute atomic E-state index is 12.9. The van der Waals surface area contributed by atoms with Gasteiger partial charge in [-0.15, -0.1) is 0 Å². The summed E-state index contributed by atoms with van der Waals surface area (Å²) in [4.78, 5) is 17.1. The second-order valence-corrected chi connectivity index (χ2v) is 6.51. The molecular weight excluding hydrogens is 298 g/mol. The molecule has 4 nitrogen and oxygen atoms in total. The van der Waals surface area contributed by atoms with Gasteiger partial charge >= 0.3 is 0 Å². The number of para-hydroxylation sites is 1. The van der Waals surface area contributed by atoms with Crippen LogP contribution in [-0.2, 0) is 0 Å². The van der Waals surface area contributed by atoms with Gasteiger partial charge in [0.05, 0.1) is 11.3 Å². The zero-order valence-electron chi connectivity index (χ0n) is 14.7. The molecule has 1 N–H and O–H groups in total. The van der Waals surface area contributed by atoms with Gasteiger partial charge in [0.2, 0.25) is 0 Å². The maximum Gasteiger partial charge on any atom is 0.256 e. The molecule has 1 heterocycles. The molecule has 0 atom stereocenters. The number of rotatable bonds is 3. The Morgan fingerprint density at radius 2 is 1.58 bits per heavy atom. The molecule has 1 fully saturated rings. The summed E-state index contributed by atoms with van der Waals surface area (Å²) >= 11 is 0. The summed E-state index contributed by atoms with van der Waals surface area (Å²) in [5, 5.41) is 3.45. The molecule has 0 saturated carbocycles. The number of nitrogens with zero attached hydrogens (tertiary/aromatic N) is 2. The summed E-state index contributed by atoms with van der Waals surface area (Å²) in [5.41, 5.74) is 5.11. The van der Waals surface area contributed by atoms with E-state index in [0.717, 1.165) is 43.1 Å². The Hall–Kier alpha value is -2.33. The third kappa shape index (κ3) is 3.44. The van der Waals surface area contributed by atoms with Gasteiger partial charge < -0.3 is 15.1 Å². The molecule has 2 aromatic rings. The number of nitrogens with one attached hydrogen (secondary N) is 1. The van der Waals surface area contributed by atoms with Crippen molar-refractivity contribution in [2.75, 3.05) is 38.5 Å². The fraction of sp³-hybridized carbons (Fsp3) is 0.350. The number of anilines is 2. The van der Waals surface area contributed by atoms with Crippen molar-refractivity contribution in [2.24, 2.45) is 0 Å². The van der Waals surface area contributed by atoms with E-state index in [2.05, 4.69) is 43.2 Å². The van der Waals surface area contributed by atoms with Gasteiger partial charge in [0.15, 0.2) is 0 Å². The van der Waals surface area contributed by atoms with E-state index in [1.807, 2.05) is 35.2 Å². The lowest BCUT2D eigenvalue weighted by Gasteiger charge is -2.32. The molecule has 1 aliphatic rings. The van der Waals surface area contributed by atoms with Crippen LogP contribution >= 0.6 is 0 Å². The fourth-order valence-corrected chi connectivity index (χ4v) is 2.99. The van der Waals surface area contributed by atoms with Crippen molar-refractivity contribution in [1.29, 1.82) is 0 Å². The van der Waals surface area contributed by atoms with Crippen molar-refractivity contribution >= 4 is 17.3 Å². The molecule has 1 aliphatic heterocycles. The van der Waals surface area contributed by atoms with E-state index in [-0.39, 0.29) is 5.91 Å². The second-order valence-electron chi connectivity index (χ2n) is 6.51. The van der Waals surface area contributed by atoms with Gasteiger partial charge in [-0.05, 0) is 50.2 Å². The van der Waals surface area contributed by atoms with Crippen molar-refractivity contribution in [1.82, 2.24) is 9.80 Å². The van der Waals surface area contributed by atoms with Crippen LogP contribution in [0.2, 0.25) is 0 Å². The highest BCUT2D eigenvalue weighted by molar-refractivity contribution is 6.00. The molecule has 0 aromatic heterocycles. The molecule has 0 aliphatic carbocycles. The predicted molar refractivity (Wildman–Crippen MR) is 99.0 cm³/mol. The lowest BCUT2D eigenvalue weighted by atomic mass is 10.1. The number of hydrogen-bond acceptors (Lipinski definition) is 3. The van der Waals surface area contributed by atoms with Gasteiger partial charge in [0.1, 0.15) is 0 Å². The number of carbonyl (C=O) groups excluding carboxylic acids is 1. The molecule has 4 heteroatoms. The standard InChI is InChI=1S/C20H25N3O/c1-15-7-6-10-18(16(15)2)21-19-9-5-4-8-17(19)20(24)23-13-11-22(3)12-14-23/h4-10,21H,11-14H2,1-3H3. The van der Waals surface area contributed by atoms with Gasteiger partial charge in [0.25, 0.3) is 5.91 Å². The Balaban J connectivity index is 1.85. The van der Waals surface area contributed by atoms with Crippen LogP contribution in [0.3, 0.4) is 0 Å². The molecule has 0 unspecified atom stereocenters. The highest BCUT2D eigenvalue weighted by Gasteiger charge is 2.22. The van der Waals surface area contributed by atoms with Crippen LogP contribution in [0.1, 0.15) is 21.5 Å². The smallest absolute Gasteiger partial charge is 0.256 e. The Labute approximate surface area is 144 Å². The Bertz CT molecular complexity index is 733. The number of amides is 1. The summed E-state index contributed by atoms with van der Waals surface area (Å²) in [6.07, 6.45) is 0. The first-order chi connectivity index (χ1) is 11.6. The summed E-state index contributed by atoms with van der Waals surface area (Å²) < 4.78 is 0. The second kappa shape index (κ2) is 7.05. The number of likely N-dealkylation sites (N-methyl/N-ethyl adjacent to an activating group) is 1. The van der Waals surface area contributed by atoms with Crippen LogP contribution in [0.15, 0.2) is 42.5 Å². The number of carbonyl (C=O) groups is 1. The molecule has 0 bridgehead atoms. The van der Waals surface area contributed by atoms with Crippen molar-refractivity contribution in [3.63, 3.8) is 0 Å². The zero-order chi connectivity index (χ0) is 17.1. The number of piperazine rings is 1. The van der Waals surface area contributed by atoms with Crippen LogP contribution in [0.4, 0.5) is 11.4 Å². The Morgan fingerprint density at radius 1 is 0.917 bits per heavy atom. The Morgan fingerprint density at radius 3 is 2.33 bits per heavy atom. The normalized spacial score (nSPS) is 15.4. The third-order valence-corrected chi connectivity index (χ3v) is 4.82. The molecule has 1 saturated heterocycles. The van der Waals surface area contributed by atoms with Gasteiger partial charge in [0, 0.05) is 31.9 Å². The zero-order valence-corrected chi connectivity index (χ0v) is 14.7. The average Bonchev–Trinajstić information content (AvgIpc) is 2.59. The van der Waals surface area contributed by atoms with Crippen LogP contribution in [0.25, 0.3) is 0 Å². The maximum atomic E-state index is 12.9. The van der Waals surface area contributed by atoms with Crippen LogP contribution in [0, 0.1) is 13.8 Å². The van der Waals surface area contributed by atoms with Crippen LogP contribution < -0.4 is 5.32 Å². The molecule has 3 rings (SSSR count). The molecular formula is C20H25N3O. The van der Waals surface area contributed by atoms with Gasteiger partial charge in [-0.1, -0.05) is 24.3 Å². The van der Waals surface area contributed by atoms with Crippen LogP contribution in [-0.4, -0.2) is 48.9 Å². The van der Waals surface area contributed by atoms with Gasteiger partial charge in [-0.3, -0.25) is 4.79 Å². The first kappa shape index (κ1) is 16.5. The lowest BCUT2D eigenvalue weighted by Crippen LogP contribution is -2.47. The molecule has 2 aromatic carbocycles. The average molecular weight is 323 g/mol. The predicted octanol–water partition coefficient (Wildman–Crippen LogP) is 3.43. The number of hydrogen-bond donors (Lipinski definition) is 1. The minimum absolute atomic E-state index is 0.108. The topological polar surface area (TPSA) is 35.6 Å².